The first-order chi connectivity index (χ1) is 10.0. The molecule has 2 atom stereocenters. The van der Waals surface area contributed by atoms with Crippen molar-refractivity contribution in [3.05, 3.63) is 12.5 Å². The Morgan fingerprint density at radius 3 is 2.73 bits per heavy atom. The summed E-state index contributed by atoms with van der Waals surface area (Å²) in [7, 11) is 0. The van der Waals surface area contributed by atoms with Crippen molar-refractivity contribution in [3.63, 3.8) is 0 Å². The van der Waals surface area contributed by atoms with E-state index in [1.807, 2.05) is 0 Å². The zero-order chi connectivity index (χ0) is 15.3. The van der Waals surface area contributed by atoms with Crippen molar-refractivity contribution in [1.82, 2.24) is 0 Å². The molecule has 2 fully saturated rings. The minimum atomic E-state index is -3.94. The molecule has 124 valence electrons. The van der Waals surface area contributed by atoms with Crippen molar-refractivity contribution in [2.75, 3.05) is 13.2 Å². The van der Waals surface area contributed by atoms with Crippen LogP contribution in [0.5, 0.6) is 0 Å². The smallest absolute Gasteiger partial charge is 0.574 e. The van der Waals surface area contributed by atoms with Crippen LogP contribution in [0.15, 0.2) is 0 Å². The zero-order valence-corrected chi connectivity index (χ0v) is 16.9. The number of epoxide rings is 1. The van der Waals surface area contributed by atoms with Crippen molar-refractivity contribution in [2.24, 2.45) is 0 Å². The van der Waals surface area contributed by atoms with Crippen molar-refractivity contribution >= 4 is 18.0 Å². The molecular weight excluding hydrogens is 544 g/mol. The molecule has 1 aliphatic heterocycles. The summed E-state index contributed by atoms with van der Waals surface area (Å²) in [6.07, 6.45) is 7.79. The maximum atomic E-state index is 12.7. The first-order valence-corrected chi connectivity index (χ1v) is 7.64. The Kier molecular flexibility index (Phi) is 9.20. The van der Waals surface area contributed by atoms with Crippen LogP contribution < -0.4 is 0 Å². The van der Waals surface area contributed by atoms with Gasteiger partial charge in [0.1, 0.15) is 6.61 Å². The zero-order valence-electron chi connectivity index (χ0n) is 11.9. The maximum absolute atomic E-state index is 12.7. The summed E-state index contributed by atoms with van der Waals surface area (Å²) in [6.45, 7) is 0.153. The summed E-state index contributed by atoms with van der Waals surface area (Å²) in [5.74, 6) is -1.77. The monoisotopic (exact) mass is 562 g/mol. The van der Waals surface area contributed by atoms with E-state index in [-0.39, 0.29) is 43.8 Å². The van der Waals surface area contributed by atoms with E-state index < -0.39 is 29.4 Å². The third-order valence-corrected chi connectivity index (χ3v) is 3.78. The normalized spacial score (nSPS) is 25.4. The Labute approximate surface area is 156 Å². The van der Waals surface area contributed by atoms with E-state index in [4.69, 9.17) is 14.0 Å². The van der Waals surface area contributed by atoms with Crippen LogP contribution in [0.2, 0.25) is 0 Å². The van der Waals surface area contributed by atoms with Crippen LogP contribution in [0.1, 0.15) is 32.1 Å². The summed E-state index contributed by atoms with van der Waals surface area (Å²) < 4.78 is 48.8. The number of esters is 1. The molecule has 0 aromatic rings. The Bertz CT molecular complexity index is 355. The summed E-state index contributed by atoms with van der Waals surface area (Å²) in [5, 5.41) is -3.94. The number of hydrogen-bond donors (Lipinski definition) is 1. The molecule has 0 aromatic carbocycles. The van der Waals surface area contributed by atoms with E-state index in [2.05, 4.69) is 4.74 Å². The molecule has 0 aromatic heterocycles. The predicted molar refractivity (Wildman–Crippen MR) is 71.4 cm³/mol. The van der Waals surface area contributed by atoms with Crippen LogP contribution in [0.4, 0.5) is 8.78 Å². The molecule has 2 unspecified atom stereocenters. The van der Waals surface area contributed by atoms with Crippen LogP contribution in [0, 0.1) is 43.6 Å². The van der Waals surface area contributed by atoms with Crippen LogP contribution in [0.3, 0.4) is 0 Å². The number of rotatable bonds is 8. The van der Waals surface area contributed by atoms with Gasteiger partial charge < -0.3 is 18.8 Å². The van der Waals surface area contributed by atoms with E-state index in [1.165, 1.54) is 6.42 Å². The fourth-order valence-corrected chi connectivity index (χ4v) is 2.26. The van der Waals surface area contributed by atoms with Gasteiger partial charge in [0.25, 0.3) is 0 Å². The number of carbonyl (C=O) groups is 1. The maximum Gasteiger partial charge on any atom is 2.00 e. The summed E-state index contributed by atoms with van der Waals surface area (Å²) in [4.78, 5) is 10.9. The van der Waals surface area contributed by atoms with Gasteiger partial charge in [0.2, 0.25) is 0 Å². The van der Waals surface area contributed by atoms with Crippen molar-refractivity contribution in [2.45, 2.75) is 49.6 Å². The molecule has 1 N–H and O–H groups in total. The second-order valence-corrected chi connectivity index (χ2v) is 5.69. The van der Waals surface area contributed by atoms with Crippen LogP contribution in [-0.2, 0) is 19.0 Å². The Hall–Kier alpha value is 0.612. The molecule has 22 heavy (non-hydrogen) atoms. The van der Waals surface area contributed by atoms with Gasteiger partial charge in [-0.05, 0) is 6.10 Å². The van der Waals surface area contributed by atoms with Crippen LogP contribution in [-0.4, -0.2) is 41.2 Å². The molecule has 9 heteroatoms. The van der Waals surface area contributed by atoms with Gasteiger partial charge in [-0.25, -0.2) is 4.79 Å². The first kappa shape index (κ1) is 20.7. The molecule has 2 rings (SSSR count). The van der Waals surface area contributed by atoms with Gasteiger partial charge in [0.15, 0.2) is 0 Å². The largest absolute Gasteiger partial charge is 2.00 e. The third kappa shape index (κ3) is 6.62. The minimum absolute atomic E-state index is 0. The first-order valence-electron chi connectivity index (χ1n) is 6.87. The molecular formula is C13H18F2O5SU. The number of carbonyl (C=O) groups excluding carboxylic acids is 1. The minimum Gasteiger partial charge on any atom is -0.574 e. The number of hydrogen-bond acceptors (Lipinski definition) is 6. The molecule has 0 bridgehead atoms. The molecule has 1 saturated carbocycles. The van der Waals surface area contributed by atoms with Gasteiger partial charge in [-0.2, -0.15) is 27.7 Å². The standard InChI is InChI=1S/C13H18F2O5S.U/c14-13(15,21-17)12(16)19-8-11-10(20-11)6-7-18-9-4-2-1-3-5-9;/h6,10-11,17H,1-5,7-8H2;/q-2;+2. The molecule has 2 aliphatic rings. The molecule has 0 spiro atoms. The van der Waals surface area contributed by atoms with Crippen molar-refractivity contribution < 1.29 is 63.5 Å². The number of halogens is 2. The number of alkyl halides is 2. The van der Waals surface area contributed by atoms with Crippen molar-refractivity contribution in [3.8, 4) is 0 Å². The molecule has 0 amide bonds. The summed E-state index contributed by atoms with van der Waals surface area (Å²) in [6, 6.07) is 0. The van der Waals surface area contributed by atoms with Gasteiger partial charge >= 0.3 is 42.3 Å². The van der Waals surface area contributed by atoms with Gasteiger partial charge in [-0.3, -0.25) is 6.42 Å². The van der Waals surface area contributed by atoms with E-state index in [0.717, 1.165) is 31.8 Å². The molecule has 0 radical (unpaired) electrons. The summed E-state index contributed by atoms with van der Waals surface area (Å²) in [5.41, 5.74) is 0. The molecule has 5 nitrogen and oxygen atoms in total. The van der Waals surface area contributed by atoms with Crippen LogP contribution in [0.25, 0.3) is 0 Å². The second-order valence-electron chi connectivity index (χ2n) is 4.99. The second kappa shape index (κ2) is 9.80. The van der Waals surface area contributed by atoms with E-state index in [1.54, 1.807) is 6.42 Å². The van der Waals surface area contributed by atoms with Crippen molar-refractivity contribution in [1.29, 1.82) is 0 Å². The Morgan fingerprint density at radius 1 is 1.41 bits per heavy atom. The average Bonchev–Trinajstić information content (AvgIpc) is 3.24. The predicted octanol–water partition coefficient (Wildman–Crippen LogP) is 2.81. The van der Waals surface area contributed by atoms with E-state index >= 15 is 0 Å². The molecule has 1 heterocycles. The average molecular weight is 562 g/mol. The Balaban J connectivity index is 0.00000242. The van der Waals surface area contributed by atoms with Gasteiger partial charge in [0.05, 0.1) is 18.1 Å². The van der Waals surface area contributed by atoms with E-state index in [0.29, 0.717) is 6.61 Å². The van der Waals surface area contributed by atoms with Gasteiger partial charge in [0, 0.05) is 0 Å². The molecule has 1 saturated heterocycles. The number of ether oxygens (including phenoxy) is 3. The molecule has 1 aliphatic carbocycles. The SMILES string of the molecule is O=C(OCC1OC1[CH-]CO[C-]1CCCCC1)C(F)(F)SO.[U+2]. The van der Waals surface area contributed by atoms with Crippen LogP contribution >= 0.6 is 12.0 Å². The van der Waals surface area contributed by atoms with Gasteiger partial charge in [-0.1, -0.05) is 19.3 Å². The Morgan fingerprint density at radius 2 is 2.09 bits per heavy atom. The fourth-order valence-electron chi connectivity index (χ4n) is 2.13. The fraction of sp³-hybridized carbons (Fsp3) is 0.769. The summed E-state index contributed by atoms with van der Waals surface area (Å²) >= 11 is -0.842. The van der Waals surface area contributed by atoms with E-state index in [9.17, 15) is 13.6 Å². The topological polar surface area (TPSA) is 68.3 Å². The third-order valence-electron chi connectivity index (χ3n) is 3.38. The quantitative estimate of drug-likeness (QED) is 0.213. The van der Waals surface area contributed by atoms with Gasteiger partial charge in [-0.15, -0.1) is 6.61 Å².